The van der Waals surface area contributed by atoms with Gasteiger partial charge in [0.05, 0.1) is 24.1 Å². The van der Waals surface area contributed by atoms with Crippen LogP contribution in [0.2, 0.25) is 0 Å². The molecule has 0 atom stereocenters. The Morgan fingerprint density at radius 2 is 2.00 bits per heavy atom. The highest BCUT2D eigenvalue weighted by Crippen LogP contribution is 2.14. The third-order valence-corrected chi connectivity index (χ3v) is 3.35. The third-order valence-electron chi connectivity index (χ3n) is 3.35. The van der Waals surface area contributed by atoms with E-state index in [1.165, 1.54) is 12.3 Å². The van der Waals surface area contributed by atoms with E-state index in [0.717, 1.165) is 11.4 Å². The minimum atomic E-state index is -2.86. The largest absolute Gasteiger partial charge is 0.433 e. The molecule has 0 saturated carbocycles. The summed E-state index contributed by atoms with van der Waals surface area (Å²) in [6.45, 7) is 1.38. The first-order valence-electron chi connectivity index (χ1n) is 7.52. The Bertz CT molecular complexity index is 833. The maximum atomic E-state index is 12.1. The van der Waals surface area contributed by atoms with E-state index in [4.69, 9.17) is 0 Å². The number of anilines is 1. The number of rotatable bonds is 6. The van der Waals surface area contributed by atoms with Gasteiger partial charge in [-0.05, 0) is 44.2 Å². The lowest BCUT2D eigenvalue weighted by molar-refractivity contribution is -0.0500. The number of nitrogens with zero attached hydrogens (tertiary/aromatic N) is 5. The van der Waals surface area contributed by atoms with Crippen molar-refractivity contribution in [3.8, 4) is 11.6 Å². The van der Waals surface area contributed by atoms with Crippen LogP contribution >= 0.6 is 0 Å². The molecule has 0 unspecified atom stereocenters. The van der Waals surface area contributed by atoms with Crippen molar-refractivity contribution < 1.29 is 13.5 Å². The molecule has 0 aliphatic carbocycles. The highest BCUT2D eigenvalue weighted by atomic mass is 19.3. The van der Waals surface area contributed by atoms with Crippen LogP contribution in [0.15, 0.2) is 36.5 Å². The van der Waals surface area contributed by atoms with E-state index in [1.54, 1.807) is 16.8 Å². The number of aromatic nitrogens is 5. The van der Waals surface area contributed by atoms with Crippen molar-refractivity contribution in [3.05, 3.63) is 53.6 Å². The molecule has 0 bridgehead atoms. The van der Waals surface area contributed by atoms with Crippen LogP contribution in [0.3, 0.4) is 0 Å². The van der Waals surface area contributed by atoms with Crippen LogP contribution in [-0.2, 0) is 6.54 Å². The number of hydrogen-bond donors (Lipinski definition) is 1. The molecule has 0 fully saturated rings. The molecule has 3 aromatic heterocycles. The number of hydrogen-bond acceptors (Lipinski definition) is 6. The van der Waals surface area contributed by atoms with Crippen molar-refractivity contribution >= 4 is 5.82 Å². The summed E-state index contributed by atoms with van der Waals surface area (Å²) in [5.74, 6) is 1.22. The zero-order valence-corrected chi connectivity index (χ0v) is 13.6. The summed E-state index contributed by atoms with van der Waals surface area (Å²) >= 11 is 0. The molecule has 3 heterocycles. The third kappa shape index (κ3) is 4.25. The van der Waals surface area contributed by atoms with Crippen molar-refractivity contribution in [1.29, 1.82) is 0 Å². The Kier molecular flexibility index (Phi) is 4.82. The van der Waals surface area contributed by atoms with Crippen LogP contribution in [0.4, 0.5) is 14.6 Å². The fraction of sp³-hybridized carbons (Fsp3) is 0.250. The fourth-order valence-electron chi connectivity index (χ4n) is 2.26. The molecule has 130 valence electrons. The van der Waals surface area contributed by atoms with Crippen molar-refractivity contribution in [2.75, 3.05) is 5.32 Å². The highest BCUT2D eigenvalue weighted by Gasteiger charge is 2.07. The zero-order chi connectivity index (χ0) is 17.8. The molecule has 0 amide bonds. The standard InChI is InChI=1S/C16H16F2N6O/c1-10-7-11(2)24(23-10)15-6-5-14(21-22-15)20-8-12-3-4-13(9-19-12)25-16(17)18/h3-7,9,16H,8H2,1-2H3,(H,20,21). The molecule has 3 aromatic rings. The molecule has 0 saturated heterocycles. The van der Waals surface area contributed by atoms with Crippen LogP contribution in [-0.4, -0.2) is 31.6 Å². The maximum Gasteiger partial charge on any atom is 0.387 e. The SMILES string of the molecule is Cc1cc(C)n(-c2ccc(NCc3ccc(OC(F)F)cn3)nn2)n1. The van der Waals surface area contributed by atoms with Gasteiger partial charge in [0.2, 0.25) is 0 Å². The van der Waals surface area contributed by atoms with Gasteiger partial charge in [0, 0.05) is 5.69 Å². The lowest BCUT2D eigenvalue weighted by atomic mass is 10.3. The Balaban J connectivity index is 1.61. The highest BCUT2D eigenvalue weighted by molar-refractivity contribution is 5.37. The number of ether oxygens (including phenoxy) is 1. The van der Waals surface area contributed by atoms with Crippen molar-refractivity contribution in [1.82, 2.24) is 25.0 Å². The number of nitrogens with one attached hydrogen (secondary N) is 1. The first kappa shape index (κ1) is 16.7. The lowest BCUT2D eigenvalue weighted by Crippen LogP contribution is -2.07. The van der Waals surface area contributed by atoms with Gasteiger partial charge in [-0.15, -0.1) is 10.2 Å². The van der Waals surface area contributed by atoms with E-state index in [2.05, 4.69) is 30.3 Å². The number of alkyl halides is 2. The summed E-state index contributed by atoms with van der Waals surface area (Å²) in [5, 5.41) is 15.7. The first-order valence-corrected chi connectivity index (χ1v) is 7.52. The molecule has 3 rings (SSSR count). The van der Waals surface area contributed by atoms with E-state index in [-0.39, 0.29) is 5.75 Å². The molecular weight excluding hydrogens is 330 g/mol. The summed E-state index contributed by atoms with van der Waals surface area (Å²) in [4.78, 5) is 4.04. The molecule has 9 heteroatoms. The Morgan fingerprint density at radius 3 is 2.56 bits per heavy atom. The summed E-state index contributed by atoms with van der Waals surface area (Å²) in [6.07, 6.45) is 1.25. The van der Waals surface area contributed by atoms with Gasteiger partial charge in [-0.25, -0.2) is 4.68 Å². The monoisotopic (exact) mass is 346 g/mol. The minimum absolute atomic E-state index is 0.0211. The molecular formula is C16H16F2N6O. The second-order valence-electron chi connectivity index (χ2n) is 5.33. The summed E-state index contributed by atoms with van der Waals surface area (Å²) in [5.41, 5.74) is 2.54. The average Bonchev–Trinajstić information content (AvgIpc) is 2.93. The van der Waals surface area contributed by atoms with E-state index in [1.807, 2.05) is 26.0 Å². The minimum Gasteiger partial charge on any atom is -0.433 e. The fourth-order valence-corrected chi connectivity index (χ4v) is 2.26. The van der Waals surface area contributed by atoms with E-state index in [0.29, 0.717) is 23.9 Å². The Hall–Kier alpha value is -3.10. The molecule has 0 aliphatic heterocycles. The van der Waals surface area contributed by atoms with Gasteiger partial charge in [-0.1, -0.05) is 0 Å². The Morgan fingerprint density at radius 1 is 1.16 bits per heavy atom. The van der Waals surface area contributed by atoms with Gasteiger partial charge in [-0.3, -0.25) is 4.98 Å². The van der Waals surface area contributed by atoms with Crippen molar-refractivity contribution in [3.63, 3.8) is 0 Å². The van der Waals surface area contributed by atoms with E-state index < -0.39 is 6.61 Å². The summed E-state index contributed by atoms with van der Waals surface area (Å²) in [7, 11) is 0. The van der Waals surface area contributed by atoms with Gasteiger partial charge in [0.15, 0.2) is 5.82 Å². The van der Waals surface area contributed by atoms with E-state index >= 15 is 0 Å². The van der Waals surface area contributed by atoms with E-state index in [9.17, 15) is 8.78 Å². The normalized spacial score (nSPS) is 10.9. The molecule has 0 aromatic carbocycles. The second kappa shape index (κ2) is 7.20. The zero-order valence-electron chi connectivity index (χ0n) is 13.6. The van der Waals surface area contributed by atoms with Crippen molar-refractivity contribution in [2.24, 2.45) is 0 Å². The second-order valence-corrected chi connectivity index (χ2v) is 5.33. The van der Waals surface area contributed by atoms with Crippen LogP contribution in [0.25, 0.3) is 5.82 Å². The topological polar surface area (TPSA) is 77.8 Å². The number of halogens is 2. The molecule has 1 N–H and O–H groups in total. The predicted molar refractivity (Wildman–Crippen MR) is 86.8 cm³/mol. The van der Waals surface area contributed by atoms with Gasteiger partial charge in [0.25, 0.3) is 0 Å². The molecule has 0 spiro atoms. The van der Waals surface area contributed by atoms with Crippen LogP contribution in [0, 0.1) is 13.8 Å². The predicted octanol–water partition coefficient (Wildman–Crippen LogP) is 2.89. The first-order chi connectivity index (χ1) is 12.0. The van der Waals surface area contributed by atoms with Gasteiger partial charge >= 0.3 is 6.61 Å². The van der Waals surface area contributed by atoms with Crippen molar-refractivity contribution in [2.45, 2.75) is 27.0 Å². The van der Waals surface area contributed by atoms with Gasteiger partial charge < -0.3 is 10.1 Å². The summed E-state index contributed by atoms with van der Waals surface area (Å²) < 4.78 is 30.1. The average molecular weight is 346 g/mol. The Labute approximate surface area is 142 Å². The van der Waals surface area contributed by atoms with Gasteiger partial charge in [0.1, 0.15) is 11.6 Å². The lowest BCUT2D eigenvalue weighted by Gasteiger charge is -2.07. The van der Waals surface area contributed by atoms with Crippen LogP contribution in [0.1, 0.15) is 17.1 Å². The summed E-state index contributed by atoms with van der Waals surface area (Å²) in [6, 6.07) is 8.59. The van der Waals surface area contributed by atoms with Crippen LogP contribution in [0.5, 0.6) is 5.75 Å². The molecule has 0 aliphatic rings. The molecule has 25 heavy (non-hydrogen) atoms. The number of pyridine rings is 1. The molecule has 0 radical (unpaired) electrons. The van der Waals surface area contributed by atoms with Crippen LogP contribution < -0.4 is 10.1 Å². The smallest absolute Gasteiger partial charge is 0.387 e. The molecule has 7 nitrogen and oxygen atoms in total. The number of aryl methyl sites for hydroxylation is 2. The quantitative estimate of drug-likeness (QED) is 0.739. The van der Waals surface area contributed by atoms with Gasteiger partial charge in [-0.2, -0.15) is 13.9 Å². The maximum absolute atomic E-state index is 12.1.